The van der Waals surface area contributed by atoms with E-state index >= 15 is 0 Å². The number of allylic oxidation sites excluding steroid dienone is 2. The second-order valence-corrected chi connectivity index (χ2v) is 17.8. The molecular formula is C43H74N2O14. The van der Waals surface area contributed by atoms with Crippen LogP contribution in [0.25, 0.3) is 0 Å². The predicted molar refractivity (Wildman–Crippen MR) is 217 cm³/mol. The first-order valence-corrected chi connectivity index (χ1v) is 21.3. The van der Waals surface area contributed by atoms with Gasteiger partial charge in [0.05, 0.1) is 54.7 Å². The number of nitrogens with zero attached hydrogens (tertiary/aromatic N) is 2. The number of aliphatic hydroxyl groups is 4. The Balaban J connectivity index is 1.66. The van der Waals surface area contributed by atoms with E-state index in [1.54, 1.807) is 39.8 Å². The van der Waals surface area contributed by atoms with Gasteiger partial charge in [0.2, 0.25) is 0 Å². The fourth-order valence-corrected chi connectivity index (χ4v) is 9.10. The molecule has 4 rings (SSSR count). The first-order valence-electron chi connectivity index (χ1n) is 21.3. The summed E-state index contributed by atoms with van der Waals surface area (Å²) in [4.78, 5) is 29.5. The number of methoxy groups -OCH3 is 1. The van der Waals surface area contributed by atoms with E-state index in [1.807, 2.05) is 52.2 Å². The zero-order chi connectivity index (χ0) is 43.8. The largest absolute Gasteiger partial charge is 0.462 e. The molecule has 4 heterocycles. The number of rotatable bonds is 11. The Morgan fingerprint density at radius 1 is 0.864 bits per heavy atom. The Morgan fingerprint density at radius 3 is 2.17 bits per heavy atom. The van der Waals surface area contributed by atoms with Gasteiger partial charge < -0.3 is 72.9 Å². The quantitative estimate of drug-likeness (QED) is 0.175. The van der Waals surface area contributed by atoms with Crippen molar-refractivity contribution in [3.8, 4) is 0 Å². The molecule has 0 spiro atoms. The van der Waals surface area contributed by atoms with E-state index in [2.05, 4.69) is 4.90 Å². The van der Waals surface area contributed by atoms with Gasteiger partial charge in [-0.1, -0.05) is 31.2 Å². The zero-order valence-electron chi connectivity index (χ0n) is 37.0. The third-order valence-corrected chi connectivity index (χ3v) is 12.4. The van der Waals surface area contributed by atoms with Crippen LogP contribution in [0.1, 0.15) is 86.5 Å². The Bertz CT molecular complexity index is 1370. The van der Waals surface area contributed by atoms with E-state index in [1.165, 1.54) is 14.0 Å². The van der Waals surface area contributed by atoms with Crippen LogP contribution in [0, 0.1) is 11.8 Å². The summed E-state index contributed by atoms with van der Waals surface area (Å²) in [5, 5.41) is 45.1. The molecule has 0 radical (unpaired) electrons. The number of carbonyl (C=O) groups excluding carboxylic acids is 2. The molecule has 3 saturated heterocycles. The average Bonchev–Trinajstić information content (AvgIpc) is 3.13. The summed E-state index contributed by atoms with van der Waals surface area (Å²) in [6, 6.07) is -0.466. The smallest absolute Gasteiger partial charge is 0.308 e. The summed E-state index contributed by atoms with van der Waals surface area (Å²) in [7, 11) is 9.03. The lowest BCUT2D eigenvalue weighted by Gasteiger charge is -2.50. The normalized spacial score (nSPS) is 45.8. The van der Waals surface area contributed by atoms with Crippen LogP contribution in [-0.4, -0.2) is 181 Å². The van der Waals surface area contributed by atoms with Gasteiger partial charge in [-0.05, 0) is 93.9 Å². The van der Waals surface area contributed by atoms with Gasteiger partial charge in [-0.15, -0.1) is 0 Å². The molecule has 16 heteroatoms. The number of aldehydes is 1. The minimum atomic E-state index is -1.47. The maximum Gasteiger partial charge on any atom is 0.308 e. The molecule has 16 nitrogen and oxygen atoms in total. The molecule has 0 saturated carbocycles. The van der Waals surface area contributed by atoms with Gasteiger partial charge in [0.1, 0.15) is 36.8 Å². The summed E-state index contributed by atoms with van der Waals surface area (Å²) in [5.41, 5.74) is -1.47. The molecule has 0 amide bonds. The van der Waals surface area contributed by atoms with Crippen molar-refractivity contribution in [2.45, 2.75) is 190 Å². The zero-order valence-corrected chi connectivity index (χ0v) is 37.0. The Kier molecular flexibility index (Phi) is 18.9. The van der Waals surface area contributed by atoms with Gasteiger partial charge in [-0.2, -0.15) is 0 Å². The van der Waals surface area contributed by atoms with Crippen molar-refractivity contribution in [3.63, 3.8) is 0 Å². The molecule has 0 aromatic heterocycles. The average molecular weight is 843 g/mol. The molecule has 0 aromatic rings. The van der Waals surface area contributed by atoms with Crippen LogP contribution >= 0.6 is 0 Å². The first-order chi connectivity index (χ1) is 27.8. The van der Waals surface area contributed by atoms with E-state index in [0.29, 0.717) is 19.3 Å². The van der Waals surface area contributed by atoms with E-state index in [-0.39, 0.29) is 30.9 Å². The van der Waals surface area contributed by atoms with Gasteiger partial charge in [-0.25, -0.2) is 0 Å². The van der Waals surface area contributed by atoms with Crippen molar-refractivity contribution in [2.75, 3.05) is 35.3 Å². The van der Waals surface area contributed by atoms with E-state index < -0.39 is 110 Å². The van der Waals surface area contributed by atoms with E-state index in [0.717, 1.165) is 12.7 Å². The van der Waals surface area contributed by atoms with Crippen LogP contribution in [-0.2, 0) is 47.5 Å². The van der Waals surface area contributed by atoms with Crippen molar-refractivity contribution in [1.82, 2.24) is 9.80 Å². The summed E-state index contributed by atoms with van der Waals surface area (Å²) in [6.07, 6.45) is -1.56. The molecule has 0 aliphatic carbocycles. The lowest BCUT2D eigenvalue weighted by Crippen LogP contribution is -2.65. The summed E-state index contributed by atoms with van der Waals surface area (Å²) >= 11 is 0. The monoisotopic (exact) mass is 843 g/mol. The van der Waals surface area contributed by atoms with Crippen LogP contribution in [0.3, 0.4) is 0 Å². The minimum absolute atomic E-state index is 0.00885. The number of esters is 1. The van der Waals surface area contributed by atoms with E-state index in [9.17, 15) is 30.0 Å². The number of hydrogen-bond donors (Lipinski definition) is 4. The van der Waals surface area contributed by atoms with Crippen molar-refractivity contribution >= 4 is 12.3 Å². The van der Waals surface area contributed by atoms with Crippen LogP contribution in [0.5, 0.6) is 0 Å². The second-order valence-electron chi connectivity index (χ2n) is 17.8. The topological polar surface area (TPSA) is 195 Å². The van der Waals surface area contributed by atoms with Gasteiger partial charge in [0.15, 0.2) is 18.9 Å². The fourth-order valence-electron chi connectivity index (χ4n) is 9.10. The SMILES string of the molecule is CO[C@H]1[C@@H](O[C@@H]2O[C@H](C)[C@@H](O[C@H]3C[C@@](C)(O)[C@@H](O)[C@H](C)O3)[C@H](N(C)C)[C@H]2O)[C@@H](CC=O)C[C@@H](C)[C@@H](O[C@H]2CC[C@H](N(C)C)[C@@H](C)O2)/C=C/C=C\C[C@@H](C)OC(=O)C[C@H]1O. The van der Waals surface area contributed by atoms with Crippen LogP contribution in [0.4, 0.5) is 0 Å². The Hall–Kier alpha value is -1.90. The highest BCUT2D eigenvalue weighted by atomic mass is 16.7. The van der Waals surface area contributed by atoms with Crippen molar-refractivity contribution in [3.05, 3.63) is 24.3 Å². The van der Waals surface area contributed by atoms with Gasteiger partial charge in [0, 0.05) is 32.4 Å². The van der Waals surface area contributed by atoms with Gasteiger partial charge in [0.25, 0.3) is 0 Å². The van der Waals surface area contributed by atoms with Gasteiger partial charge in [-0.3, -0.25) is 4.79 Å². The molecular weight excluding hydrogens is 768 g/mol. The van der Waals surface area contributed by atoms with Crippen LogP contribution < -0.4 is 0 Å². The Morgan fingerprint density at radius 2 is 1.56 bits per heavy atom. The minimum Gasteiger partial charge on any atom is -0.462 e. The van der Waals surface area contributed by atoms with E-state index in [4.69, 9.17) is 37.9 Å². The van der Waals surface area contributed by atoms with Crippen molar-refractivity contribution in [1.29, 1.82) is 0 Å². The molecule has 0 aromatic carbocycles. The molecule has 19 atom stereocenters. The lowest BCUT2D eigenvalue weighted by molar-refractivity contribution is -0.344. The number of ether oxygens (including phenoxy) is 8. The molecule has 4 N–H and O–H groups in total. The summed E-state index contributed by atoms with van der Waals surface area (Å²) in [6.45, 7) is 10.8. The molecule has 3 fully saturated rings. The highest BCUT2D eigenvalue weighted by Crippen LogP contribution is 2.37. The second kappa shape index (κ2) is 22.5. The third kappa shape index (κ3) is 13.3. The molecule has 340 valence electrons. The van der Waals surface area contributed by atoms with Crippen LogP contribution in [0.15, 0.2) is 24.3 Å². The standard InChI is InChI=1S/C43H74N2O14/c1-24-21-29(19-20-46)39(59-42-37(49)36(45(9)10)38(27(4)56-42)58-35-23-43(6,51)41(50)28(5)55-35)40(52-11)31(47)22-33(48)53-25(2)15-13-12-14-16-32(24)57-34-18-17-30(44(7)8)26(3)54-34/h12-14,16,20,24-32,34-42,47,49-51H,15,17-19,21-23H2,1-11H3/b13-12-,16-14+/t24-,25-,26-,27-,28+,29+,30+,31-,32+,34+,35+,36-,37-,38-,39+,40-,41+,42+,43-/m1/s1. The highest BCUT2D eigenvalue weighted by Gasteiger charge is 2.52. The molecule has 4 aliphatic heterocycles. The highest BCUT2D eigenvalue weighted by molar-refractivity contribution is 5.70. The number of aliphatic hydroxyl groups excluding tert-OH is 3. The molecule has 0 bridgehead atoms. The molecule has 59 heavy (non-hydrogen) atoms. The fraction of sp³-hybridized carbons (Fsp3) is 0.860. The van der Waals surface area contributed by atoms with Crippen LogP contribution in [0.2, 0.25) is 0 Å². The lowest BCUT2D eigenvalue weighted by atomic mass is 9.82. The summed E-state index contributed by atoms with van der Waals surface area (Å²) in [5.74, 6) is -1.47. The van der Waals surface area contributed by atoms with Gasteiger partial charge >= 0.3 is 5.97 Å². The number of carbonyl (C=O) groups is 2. The maximum atomic E-state index is 13.1. The first kappa shape index (κ1) is 49.8. The van der Waals surface area contributed by atoms with Crippen molar-refractivity contribution < 1.29 is 67.9 Å². The third-order valence-electron chi connectivity index (χ3n) is 12.4. The van der Waals surface area contributed by atoms with Crippen molar-refractivity contribution in [2.24, 2.45) is 11.8 Å². The number of hydrogen-bond acceptors (Lipinski definition) is 16. The number of cyclic esters (lactones) is 1. The summed E-state index contributed by atoms with van der Waals surface area (Å²) < 4.78 is 50.0. The molecule has 4 aliphatic rings. The Labute approximate surface area is 351 Å². The molecule has 0 unspecified atom stereocenters. The predicted octanol–water partition coefficient (Wildman–Crippen LogP) is 2.33. The maximum absolute atomic E-state index is 13.1. The number of likely N-dealkylation sites (N-methyl/N-ethyl adjacent to an activating group) is 2.